The minimum Gasteiger partial charge on any atom is -0.506 e. The average Bonchev–Trinajstić information content (AvgIpc) is 2.89. The van der Waals surface area contributed by atoms with Crippen molar-refractivity contribution in [3.63, 3.8) is 0 Å². The lowest BCUT2D eigenvalue weighted by Crippen LogP contribution is -1.95. The average molecular weight is 271 g/mol. The number of aromatic nitrogens is 2. The molecule has 0 spiro atoms. The Hall–Kier alpha value is -2.26. The molecule has 0 saturated heterocycles. The van der Waals surface area contributed by atoms with Gasteiger partial charge in [0.1, 0.15) is 11.4 Å². The van der Waals surface area contributed by atoms with E-state index >= 15 is 0 Å². The number of halogens is 1. The fourth-order valence-electron chi connectivity index (χ4n) is 1.89. The van der Waals surface area contributed by atoms with Crippen LogP contribution in [0, 0.1) is 0 Å². The van der Waals surface area contributed by atoms with Crippen molar-refractivity contribution in [1.29, 1.82) is 0 Å². The molecule has 94 valence electrons. The molecule has 3 rings (SSSR count). The van der Waals surface area contributed by atoms with E-state index in [4.69, 9.17) is 11.6 Å². The molecule has 2 aromatic carbocycles. The van der Waals surface area contributed by atoms with E-state index in [1.165, 1.54) is 0 Å². The molecule has 0 radical (unpaired) electrons. The van der Waals surface area contributed by atoms with Crippen LogP contribution in [0.1, 0.15) is 0 Å². The smallest absolute Gasteiger partial charge is 0.141 e. The number of rotatable bonds is 2. The first-order valence-electron chi connectivity index (χ1n) is 5.84. The highest BCUT2D eigenvalue weighted by Gasteiger charge is 2.06. The van der Waals surface area contributed by atoms with Crippen molar-refractivity contribution in [2.75, 3.05) is 0 Å². The molecule has 1 N–H and O–H groups in total. The summed E-state index contributed by atoms with van der Waals surface area (Å²) in [5.41, 5.74) is 2.47. The van der Waals surface area contributed by atoms with Gasteiger partial charge in [0.2, 0.25) is 0 Å². The molecule has 0 unspecified atom stereocenters. The molecule has 4 heteroatoms. The van der Waals surface area contributed by atoms with E-state index < -0.39 is 0 Å². The van der Waals surface area contributed by atoms with Gasteiger partial charge in [-0.25, -0.2) is 4.68 Å². The normalized spacial score (nSPS) is 10.6. The van der Waals surface area contributed by atoms with Gasteiger partial charge in [-0.15, -0.1) is 0 Å². The molecule has 19 heavy (non-hydrogen) atoms. The largest absolute Gasteiger partial charge is 0.506 e. The number of phenols is 1. The quantitative estimate of drug-likeness (QED) is 0.767. The Labute approximate surface area is 115 Å². The molecule has 0 aliphatic carbocycles. The van der Waals surface area contributed by atoms with Crippen LogP contribution >= 0.6 is 11.6 Å². The van der Waals surface area contributed by atoms with Gasteiger partial charge in [-0.05, 0) is 30.3 Å². The summed E-state index contributed by atoms with van der Waals surface area (Å²) in [4.78, 5) is 0. The van der Waals surface area contributed by atoms with Crippen LogP contribution in [0.2, 0.25) is 5.02 Å². The van der Waals surface area contributed by atoms with Crippen molar-refractivity contribution in [2.24, 2.45) is 0 Å². The van der Waals surface area contributed by atoms with Crippen molar-refractivity contribution in [3.05, 3.63) is 65.8 Å². The predicted molar refractivity (Wildman–Crippen MR) is 75.7 cm³/mol. The van der Waals surface area contributed by atoms with Crippen LogP contribution in [0.5, 0.6) is 5.75 Å². The summed E-state index contributed by atoms with van der Waals surface area (Å²) in [7, 11) is 0. The third-order valence-corrected chi connectivity index (χ3v) is 3.11. The Kier molecular flexibility index (Phi) is 2.97. The maximum absolute atomic E-state index is 9.80. The van der Waals surface area contributed by atoms with Crippen LogP contribution in [0.3, 0.4) is 0 Å². The van der Waals surface area contributed by atoms with Gasteiger partial charge in [0, 0.05) is 16.8 Å². The van der Waals surface area contributed by atoms with Crippen molar-refractivity contribution < 1.29 is 5.11 Å². The predicted octanol–water partition coefficient (Wildman–Crippen LogP) is 3.90. The Morgan fingerprint density at radius 2 is 1.68 bits per heavy atom. The number of nitrogens with zero attached hydrogens (tertiary/aromatic N) is 2. The van der Waals surface area contributed by atoms with E-state index in [0.717, 1.165) is 11.3 Å². The Morgan fingerprint density at radius 3 is 2.42 bits per heavy atom. The number of para-hydroxylation sites is 2. The second-order valence-corrected chi connectivity index (χ2v) is 4.58. The summed E-state index contributed by atoms with van der Waals surface area (Å²) >= 11 is 5.86. The molecule has 3 aromatic rings. The standard InChI is InChI=1S/C15H11ClN2O/c16-12-7-5-11(6-8-12)13-9-10-18(17-13)14-3-1-2-4-15(14)19/h1-10,19H. The number of aromatic hydroxyl groups is 1. The number of hydrogen-bond acceptors (Lipinski definition) is 2. The van der Waals surface area contributed by atoms with Gasteiger partial charge >= 0.3 is 0 Å². The number of benzene rings is 2. The maximum atomic E-state index is 9.80. The first-order valence-corrected chi connectivity index (χ1v) is 6.22. The van der Waals surface area contributed by atoms with Gasteiger partial charge in [0.05, 0.1) is 5.69 Å². The van der Waals surface area contributed by atoms with Crippen LogP contribution in [0.15, 0.2) is 60.8 Å². The summed E-state index contributed by atoms with van der Waals surface area (Å²) in [6, 6.07) is 16.5. The molecule has 0 aliphatic rings. The molecule has 0 fully saturated rings. The first kappa shape index (κ1) is 11.8. The molecule has 1 aromatic heterocycles. The Bertz CT molecular complexity index is 704. The van der Waals surface area contributed by atoms with Crippen molar-refractivity contribution in [1.82, 2.24) is 9.78 Å². The lowest BCUT2D eigenvalue weighted by atomic mass is 10.2. The second kappa shape index (κ2) is 4.78. The van der Waals surface area contributed by atoms with Crippen molar-refractivity contribution in [3.8, 4) is 22.7 Å². The second-order valence-electron chi connectivity index (χ2n) is 4.14. The molecule has 0 bridgehead atoms. The van der Waals surface area contributed by atoms with Gasteiger partial charge < -0.3 is 5.11 Å². The van der Waals surface area contributed by atoms with Gasteiger partial charge in [0.15, 0.2) is 0 Å². The van der Waals surface area contributed by atoms with Gasteiger partial charge in [0.25, 0.3) is 0 Å². The lowest BCUT2D eigenvalue weighted by molar-refractivity contribution is 0.470. The van der Waals surface area contributed by atoms with Gasteiger partial charge in [-0.3, -0.25) is 0 Å². The summed E-state index contributed by atoms with van der Waals surface area (Å²) in [6.07, 6.45) is 1.82. The summed E-state index contributed by atoms with van der Waals surface area (Å²) < 4.78 is 1.65. The molecule has 0 aliphatic heterocycles. The highest BCUT2D eigenvalue weighted by molar-refractivity contribution is 6.30. The summed E-state index contributed by atoms with van der Waals surface area (Å²) in [5, 5.41) is 15.0. The zero-order valence-electron chi connectivity index (χ0n) is 9.99. The minimum atomic E-state index is 0.202. The highest BCUT2D eigenvalue weighted by atomic mass is 35.5. The minimum absolute atomic E-state index is 0.202. The molecule has 0 amide bonds. The molecule has 3 nitrogen and oxygen atoms in total. The van der Waals surface area contributed by atoms with Crippen molar-refractivity contribution in [2.45, 2.75) is 0 Å². The summed E-state index contributed by atoms with van der Waals surface area (Å²) in [6.45, 7) is 0. The van der Waals surface area contributed by atoms with E-state index in [9.17, 15) is 5.11 Å². The van der Waals surface area contributed by atoms with Crippen LogP contribution in [0.25, 0.3) is 16.9 Å². The fraction of sp³-hybridized carbons (Fsp3) is 0. The first-order chi connectivity index (χ1) is 9.24. The van der Waals surface area contributed by atoms with E-state index in [2.05, 4.69) is 5.10 Å². The topological polar surface area (TPSA) is 38.0 Å². The molecule has 0 atom stereocenters. The molecular formula is C15H11ClN2O. The van der Waals surface area contributed by atoms with E-state index in [1.807, 2.05) is 48.7 Å². The Balaban J connectivity index is 2.00. The lowest BCUT2D eigenvalue weighted by Gasteiger charge is -2.03. The van der Waals surface area contributed by atoms with Crippen molar-refractivity contribution >= 4 is 11.6 Å². The monoisotopic (exact) mass is 270 g/mol. The molecule has 1 heterocycles. The maximum Gasteiger partial charge on any atom is 0.141 e. The zero-order chi connectivity index (χ0) is 13.2. The SMILES string of the molecule is Oc1ccccc1-n1ccc(-c2ccc(Cl)cc2)n1. The Morgan fingerprint density at radius 1 is 0.947 bits per heavy atom. The van der Waals surface area contributed by atoms with Crippen LogP contribution < -0.4 is 0 Å². The zero-order valence-corrected chi connectivity index (χ0v) is 10.7. The van der Waals surface area contributed by atoms with Gasteiger partial charge in [-0.2, -0.15) is 5.10 Å². The van der Waals surface area contributed by atoms with Crippen LogP contribution in [-0.2, 0) is 0 Å². The number of phenolic OH excluding ortho intramolecular Hbond substituents is 1. The highest BCUT2D eigenvalue weighted by Crippen LogP contribution is 2.24. The summed E-state index contributed by atoms with van der Waals surface area (Å²) in [5.74, 6) is 0.202. The number of hydrogen-bond donors (Lipinski definition) is 1. The van der Waals surface area contributed by atoms with Crippen LogP contribution in [0.4, 0.5) is 0 Å². The third kappa shape index (κ3) is 2.33. The van der Waals surface area contributed by atoms with Crippen LogP contribution in [-0.4, -0.2) is 14.9 Å². The molecule has 0 saturated carbocycles. The fourth-order valence-corrected chi connectivity index (χ4v) is 2.02. The van der Waals surface area contributed by atoms with Gasteiger partial charge in [-0.1, -0.05) is 35.9 Å². The van der Waals surface area contributed by atoms with E-state index in [1.54, 1.807) is 16.8 Å². The third-order valence-electron chi connectivity index (χ3n) is 2.86. The molecular weight excluding hydrogens is 260 g/mol. The van der Waals surface area contributed by atoms with E-state index in [-0.39, 0.29) is 5.75 Å². The van der Waals surface area contributed by atoms with E-state index in [0.29, 0.717) is 10.7 Å².